The van der Waals surface area contributed by atoms with Crippen LogP contribution in [0.2, 0.25) is 5.02 Å². The Balaban J connectivity index is 1.51. The Morgan fingerprint density at radius 2 is 1.60 bits per heavy atom. The molecular formula is C27H22ClN3O2S2. The van der Waals surface area contributed by atoms with E-state index in [0.717, 1.165) is 34.0 Å². The third kappa shape index (κ3) is 5.12. The lowest BCUT2D eigenvalue weighted by Gasteiger charge is -2.30. The van der Waals surface area contributed by atoms with E-state index >= 15 is 0 Å². The first-order valence-electron chi connectivity index (χ1n) is 11.1. The predicted octanol–water partition coefficient (Wildman–Crippen LogP) is 6.36. The summed E-state index contributed by atoms with van der Waals surface area (Å²) in [5.74, 6) is 0.0480. The Morgan fingerprint density at radius 3 is 2.34 bits per heavy atom. The zero-order chi connectivity index (χ0) is 24.4. The molecule has 0 amide bonds. The number of rotatable bonds is 4. The Labute approximate surface area is 215 Å². The maximum atomic E-state index is 13.1. The van der Waals surface area contributed by atoms with E-state index in [4.69, 9.17) is 16.7 Å². The van der Waals surface area contributed by atoms with Crippen molar-refractivity contribution in [3.63, 3.8) is 0 Å². The zero-order valence-electron chi connectivity index (χ0n) is 18.6. The van der Waals surface area contributed by atoms with Crippen LogP contribution in [-0.2, 0) is 10.0 Å². The molecule has 4 aromatic rings. The molecule has 0 radical (unpaired) electrons. The van der Waals surface area contributed by atoms with Crippen molar-refractivity contribution >= 4 is 55.9 Å². The van der Waals surface area contributed by atoms with Crippen molar-refractivity contribution < 1.29 is 8.42 Å². The molecule has 1 heterocycles. The molecule has 0 aromatic heterocycles. The van der Waals surface area contributed by atoms with E-state index < -0.39 is 10.0 Å². The highest BCUT2D eigenvalue weighted by Gasteiger charge is 2.28. The van der Waals surface area contributed by atoms with Crippen molar-refractivity contribution in [3.8, 4) is 0 Å². The van der Waals surface area contributed by atoms with Gasteiger partial charge < -0.3 is 0 Å². The summed E-state index contributed by atoms with van der Waals surface area (Å²) in [5.41, 5.74) is 2.86. The van der Waals surface area contributed by atoms with Gasteiger partial charge in [-0.1, -0.05) is 84.4 Å². The van der Waals surface area contributed by atoms with Crippen LogP contribution in [0.25, 0.3) is 10.8 Å². The van der Waals surface area contributed by atoms with Gasteiger partial charge in [0.2, 0.25) is 0 Å². The molecule has 0 fully saturated rings. The van der Waals surface area contributed by atoms with Gasteiger partial charge in [-0.25, -0.2) is 5.01 Å². The molecule has 0 saturated heterocycles. The molecule has 1 atom stereocenters. The van der Waals surface area contributed by atoms with Crippen LogP contribution in [0.15, 0.2) is 111 Å². The van der Waals surface area contributed by atoms with Gasteiger partial charge in [0.25, 0.3) is 10.0 Å². The van der Waals surface area contributed by atoms with Crippen LogP contribution in [0, 0.1) is 0 Å². The molecule has 4 aromatic carbocycles. The van der Waals surface area contributed by atoms with E-state index in [9.17, 15) is 8.42 Å². The molecule has 5 rings (SSSR count). The van der Waals surface area contributed by atoms with Crippen LogP contribution in [-0.4, -0.2) is 30.9 Å². The van der Waals surface area contributed by atoms with Crippen molar-refractivity contribution in [2.75, 3.05) is 6.54 Å². The summed E-state index contributed by atoms with van der Waals surface area (Å²) in [7, 11) is -3.97. The number of fused-ring (bicyclic) bond motifs is 1. The lowest BCUT2D eigenvalue weighted by atomic mass is 9.86. The minimum atomic E-state index is -3.97. The smallest absolute Gasteiger partial charge is 0.242 e. The highest BCUT2D eigenvalue weighted by atomic mass is 35.5. The van der Waals surface area contributed by atoms with Crippen molar-refractivity contribution in [2.45, 2.75) is 17.2 Å². The zero-order valence-corrected chi connectivity index (χ0v) is 21.1. The Kier molecular flexibility index (Phi) is 6.65. The molecule has 5 nitrogen and oxygen atoms in total. The van der Waals surface area contributed by atoms with Gasteiger partial charge in [0, 0.05) is 17.5 Å². The standard InChI is InChI=1S/C27H22ClN3O2S2/c28-23-13-10-21(11-14-23)26-25(20-7-2-1-3-8-20)16-17-31(29-26)27(34)30-35(32,33)24-15-12-19-6-4-5-9-22(19)18-24/h1-15,18,25H,16-17H2,(H,30,34). The summed E-state index contributed by atoms with van der Waals surface area (Å²) in [6.07, 6.45) is 0.723. The van der Waals surface area contributed by atoms with E-state index in [2.05, 4.69) is 29.2 Å². The van der Waals surface area contributed by atoms with Crippen molar-refractivity contribution in [3.05, 3.63) is 113 Å². The third-order valence-electron chi connectivity index (χ3n) is 5.98. The fourth-order valence-electron chi connectivity index (χ4n) is 4.21. The SMILES string of the molecule is O=S(=O)(/N=C(/S)N1CCC(c2ccccc2)C(c2ccc(Cl)cc2)=N1)c1ccc2ccccc2c1. The van der Waals surface area contributed by atoms with Crippen LogP contribution >= 0.6 is 24.2 Å². The van der Waals surface area contributed by atoms with E-state index in [-0.39, 0.29) is 16.0 Å². The van der Waals surface area contributed by atoms with E-state index in [1.54, 1.807) is 23.2 Å². The summed E-state index contributed by atoms with van der Waals surface area (Å²) in [6, 6.07) is 30.2. The van der Waals surface area contributed by atoms with Crippen LogP contribution in [0.5, 0.6) is 0 Å². The second-order valence-electron chi connectivity index (χ2n) is 8.24. The number of nitrogens with zero attached hydrogens (tertiary/aromatic N) is 3. The fourth-order valence-corrected chi connectivity index (χ4v) is 5.73. The number of amidine groups is 1. The number of hydrogen-bond acceptors (Lipinski definition) is 3. The third-order valence-corrected chi connectivity index (χ3v) is 7.96. The van der Waals surface area contributed by atoms with Gasteiger partial charge in [0.15, 0.2) is 5.17 Å². The van der Waals surface area contributed by atoms with Gasteiger partial charge in [-0.15, -0.1) is 17.0 Å². The van der Waals surface area contributed by atoms with Crippen molar-refractivity contribution in [1.29, 1.82) is 0 Å². The van der Waals surface area contributed by atoms with Crippen molar-refractivity contribution in [2.24, 2.45) is 9.50 Å². The first-order valence-corrected chi connectivity index (χ1v) is 13.4. The largest absolute Gasteiger partial charge is 0.284 e. The highest BCUT2D eigenvalue weighted by Crippen LogP contribution is 2.31. The quantitative estimate of drug-likeness (QED) is 0.194. The highest BCUT2D eigenvalue weighted by molar-refractivity contribution is 7.99. The Morgan fingerprint density at radius 1 is 0.914 bits per heavy atom. The first kappa shape index (κ1) is 23.6. The summed E-state index contributed by atoms with van der Waals surface area (Å²) >= 11 is 10.5. The first-order chi connectivity index (χ1) is 16.9. The average molecular weight is 520 g/mol. The summed E-state index contributed by atoms with van der Waals surface area (Å²) in [5, 5.41) is 8.80. The molecule has 176 valence electrons. The lowest BCUT2D eigenvalue weighted by molar-refractivity contribution is 0.411. The van der Waals surface area contributed by atoms with Gasteiger partial charge in [0.05, 0.1) is 10.6 Å². The number of thiol groups is 1. The van der Waals surface area contributed by atoms with Crippen molar-refractivity contribution in [1.82, 2.24) is 5.01 Å². The minimum absolute atomic E-state index is 0.0242. The van der Waals surface area contributed by atoms with Gasteiger partial charge in [-0.3, -0.25) is 0 Å². The number of hydrogen-bond donors (Lipinski definition) is 1. The van der Waals surface area contributed by atoms with Crippen LogP contribution in [0.1, 0.15) is 23.5 Å². The monoisotopic (exact) mass is 519 g/mol. The average Bonchev–Trinajstić information content (AvgIpc) is 2.89. The number of sulfonamides is 1. The molecule has 1 aliphatic rings. The van der Waals surface area contributed by atoms with Gasteiger partial charge in [-0.2, -0.15) is 13.5 Å². The molecule has 0 bridgehead atoms. The van der Waals surface area contributed by atoms with Gasteiger partial charge >= 0.3 is 0 Å². The number of hydrazone groups is 1. The van der Waals surface area contributed by atoms with E-state index in [0.29, 0.717) is 11.6 Å². The Bertz CT molecular complexity index is 1540. The maximum Gasteiger partial charge on any atom is 0.284 e. The van der Waals surface area contributed by atoms with Crippen LogP contribution < -0.4 is 0 Å². The molecule has 1 aliphatic heterocycles. The Hall–Kier alpha value is -3.13. The normalized spacial score (nSPS) is 16.9. The van der Waals surface area contributed by atoms with Crippen LogP contribution in [0.4, 0.5) is 0 Å². The fraction of sp³-hybridized carbons (Fsp3) is 0.111. The molecule has 0 aliphatic carbocycles. The number of halogens is 1. The van der Waals surface area contributed by atoms with Gasteiger partial charge in [-0.05, 0) is 52.6 Å². The molecule has 1 unspecified atom stereocenters. The second-order valence-corrected chi connectivity index (χ2v) is 10.7. The predicted molar refractivity (Wildman–Crippen MR) is 146 cm³/mol. The summed E-state index contributed by atoms with van der Waals surface area (Å²) in [6.45, 7) is 0.478. The molecule has 35 heavy (non-hydrogen) atoms. The lowest BCUT2D eigenvalue weighted by Crippen LogP contribution is -2.34. The summed E-state index contributed by atoms with van der Waals surface area (Å²) < 4.78 is 30.2. The molecule has 0 N–H and O–H groups in total. The second kappa shape index (κ2) is 9.85. The topological polar surface area (TPSA) is 62.1 Å². The minimum Gasteiger partial charge on any atom is -0.242 e. The molecular weight excluding hydrogens is 498 g/mol. The molecule has 8 heteroatoms. The van der Waals surface area contributed by atoms with Gasteiger partial charge in [0.1, 0.15) is 0 Å². The summed E-state index contributed by atoms with van der Waals surface area (Å²) in [4.78, 5) is 0.115. The maximum absolute atomic E-state index is 13.1. The van der Waals surface area contributed by atoms with Crippen LogP contribution in [0.3, 0.4) is 0 Å². The molecule has 0 spiro atoms. The molecule has 0 saturated carbocycles. The number of benzene rings is 4. The van der Waals surface area contributed by atoms with E-state index in [1.165, 1.54) is 0 Å². The van der Waals surface area contributed by atoms with E-state index in [1.807, 2.05) is 66.7 Å².